The predicted molar refractivity (Wildman–Crippen MR) is 85.4 cm³/mol. The highest BCUT2D eigenvalue weighted by Gasteiger charge is 2.19. The lowest BCUT2D eigenvalue weighted by Gasteiger charge is -2.33. The maximum absolute atomic E-state index is 6.06. The van der Waals surface area contributed by atoms with Crippen LogP contribution < -0.4 is 10.6 Å². The maximum Gasteiger partial charge on any atom is 0.0605 e. The molecule has 0 radical (unpaired) electrons. The number of piperidine rings is 1. The number of aryl methyl sites for hydroxylation is 1. The van der Waals surface area contributed by atoms with E-state index in [1.807, 2.05) is 7.11 Å². The van der Waals surface area contributed by atoms with Crippen LogP contribution in [-0.4, -0.2) is 32.3 Å². The van der Waals surface area contributed by atoms with Crippen molar-refractivity contribution < 1.29 is 4.74 Å². The van der Waals surface area contributed by atoms with Crippen LogP contribution in [0.25, 0.3) is 0 Å². The Morgan fingerprint density at radius 3 is 2.60 bits per heavy atom. The van der Waals surface area contributed by atoms with E-state index >= 15 is 0 Å². The van der Waals surface area contributed by atoms with Crippen molar-refractivity contribution in [1.29, 1.82) is 0 Å². The molecule has 0 saturated carbocycles. The molecule has 0 amide bonds. The Labute approximate surface area is 123 Å². The van der Waals surface area contributed by atoms with Gasteiger partial charge < -0.3 is 15.4 Å². The third-order valence-corrected chi connectivity index (χ3v) is 4.47. The quantitative estimate of drug-likeness (QED) is 0.898. The van der Waals surface area contributed by atoms with Crippen LogP contribution >= 0.6 is 0 Å². The molecule has 1 aliphatic rings. The van der Waals surface area contributed by atoms with Crippen molar-refractivity contribution >= 4 is 5.69 Å². The number of nitrogens with two attached hydrogens (primary N) is 1. The van der Waals surface area contributed by atoms with Gasteiger partial charge in [-0.05, 0) is 55.9 Å². The molecule has 1 saturated heterocycles. The fraction of sp³-hybridized carbons (Fsp3) is 0.647. The first-order valence-corrected chi connectivity index (χ1v) is 7.77. The fourth-order valence-electron chi connectivity index (χ4n) is 2.88. The molecule has 1 atom stereocenters. The Morgan fingerprint density at radius 1 is 1.35 bits per heavy atom. The summed E-state index contributed by atoms with van der Waals surface area (Å²) >= 11 is 0. The van der Waals surface area contributed by atoms with Crippen molar-refractivity contribution in [2.24, 2.45) is 5.73 Å². The molecule has 1 unspecified atom stereocenters. The van der Waals surface area contributed by atoms with Crippen molar-refractivity contribution in [2.75, 3.05) is 25.1 Å². The van der Waals surface area contributed by atoms with E-state index in [1.165, 1.54) is 16.8 Å². The van der Waals surface area contributed by atoms with Crippen molar-refractivity contribution in [2.45, 2.75) is 51.7 Å². The zero-order valence-electron chi connectivity index (χ0n) is 13.1. The average Bonchev–Trinajstić information content (AvgIpc) is 2.49. The van der Waals surface area contributed by atoms with Gasteiger partial charge >= 0.3 is 0 Å². The topological polar surface area (TPSA) is 38.5 Å². The molecule has 0 aromatic heterocycles. The molecule has 1 aromatic carbocycles. The number of hydrogen-bond acceptors (Lipinski definition) is 3. The SMILES string of the molecule is CCC(N)Cc1ccc(N2CCC(OC)CC2)cc1C. The summed E-state index contributed by atoms with van der Waals surface area (Å²) in [5, 5.41) is 0. The molecule has 0 spiro atoms. The van der Waals surface area contributed by atoms with E-state index in [9.17, 15) is 0 Å². The molecule has 3 nitrogen and oxygen atoms in total. The van der Waals surface area contributed by atoms with Gasteiger partial charge in [-0.25, -0.2) is 0 Å². The van der Waals surface area contributed by atoms with Gasteiger partial charge in [0.15, 0.2) is 0 Å². The molecule has 1 aliphatic heterocycles. The lowest BCUT2D eigenvalue weighted by atomic mass is 9.98. The molecular formula is C17H28N2O. The van der Waals surface area contributed by atoms with Crippen LogP contribution in [0.1, 0.15) is 37.3 Å². The van der Waals surface area contributed by atoms with E-state index < -0.39 is 0 Å². The summed E-state index contributed by atoms with van der Waals surface area (Å²) in [6, 6.07) is 7.09. The molecule has 112 valence electrons. The summed E-state index contributed by atoms with van der Waals surface area (Å²) in [6.07, 6.45) is 4.70. The molecule has 3 heteroatoms. The first-order valence-electron chi connectivity index (χ1n) is 7.77. The van der Waals surface area contributed by atoms with Gasteiger partial charge in [-0.2, -0.15) is 0 Å². The van der Waals surface area contributed by atoms with Crippen LogP contribution in [0.3, 0.4) is 0 Å². The van der Waals surface area contributed by atoms with Gasteiger partial charge in [0.2, 0.25) is 0 Å². The second kappa shape index (κ2) is 7.09. The third kappa shape index (κ3) is 3.74. The summed E-state index contributed by atoms with van der Waals surface area (Å²) in [7, 11) is 1.82. The van der Waals surface area contributed by atoms with Gasteiger partial charge in [-0.15, -0.1) is 0 Å². The lowest BCUT2D eigenvalue weighted by molar-refractivity contribution is 0.0819. The second-order valence-corrected chi connectivity index (χ2v) is 5.91. The molecule has 2 rings (SSSR count). The summed E-state index contributed by atoms with van der Waals surface area (Å²) in [5.74, 6) is 0. The molecular weight excluding hydrogens is 248 g/mol. The zero-order valence-corrected chi connectivity index (χ0v) is 13.1. The van der Waals surface area contributed by atoms with Gasteiger partial charge in [-0.3, -0.25) is 0 Å². The van der Waals surface area contributed by atoms with Gasteiger partial charge in [-0.1, -0.05) is 13.0 Å². The fourth-order valence-corrected chi connectivity index (χ4v) is 2.88. The van der Waals surface area contributed by atoms with Crippen LogP contribution in [0, 0.1) is 6.92 Å². The van der Waals surface area contributed by atoms with E-state index in [-0.39, 0.29) is 6.04 Å². The number of methoxy groups -OCH3 is 1. The van der Waals surface area contributed by atoms with Gasteiger partial charge in [0.25, 0.3) is 0 Å². The lowest BCUT2D eigenvalue weighted by Crippen LogP contribution is -2.36. The first kappa shape index (κ1) is 15.3. The van der Waals surface area contributed by atoms with E-state index in [1.54, 1.807) is 0 Å². The highest BCUT2D eigenvalue weighted by molar-refractivity contribution is 5.51. The monoisotopic (exact) mass is 276 g/mol. The number of anilines is 1. The second-order valence-electron chi connectivity index (χ2n) is 5.91. The number of nitrogens with zero attached hydrogens (tertiary/aromatic N) is 1. The smallest absolute Gasteiger partial charge is 0.0605 e. The Morgan fingerprint density at radius 2 is 2.05 bits per heavy atom. The van der Waals surface area contributed by atoms with E-state index in [2.05, 4.69) is 36.9 Å². The third-order valence-electron chi connectivity index (χ3n) is 4.47. The number of ether oxygens (including phenoxy) is 1. The average molecular weight is 276 g/mol. The minimum atomic E-state index is 0.275. The highest BCUT2D eigenvalue weighted by Crippen LogP contribution is 2.24. The minimum Gasteiger partial charge on any atom is -0.381 e. The minimum absolute atomic E-state index is 0.275. The van der Waals surface area contributed by atoms with Crippen molar-refractivity contribution in [3.05, 3.63) is 29.3 Å². The number of benzene rings is 1. The zero-order chi connectivity index (χ0) is 14.5. The summed E-state index contributed by atoms with van der Waals surface area (Å²) < 4.78 is 5.43. The summed E-state index contributed by atoms with van der Waals surface area (Å²) in [4.78, 5) is 2.46. The van der Waals surface area contributed by atoms with Crippen LogP contribution in [0.15, 0.2) is 18.2 Å². The number of hydrogen-bond donors (Lipinski definition) is 1. The van der Waals surface area contributed by atoms with E-state index in [0.717, 1.165) is 38.8 Å². The Hall–Kier alpha value is -1.06. The number of rotatable bonds is 5. The molecule has 1 heterocycles. The highest BCUT2D eigenvalue weighted by atomic mass is 16.5. The molecule has 0 bridgehead atoms. The van der Waals surface area contributed by atoms with Crippen LogP contribution in [0.5, 0.6) is 0 Å². The van der Waals surface area contributed by atoms with Crippen molar-refractivity contribution in [1.82, 2.24) is 0 Å². The van der Waals surface area contributed by atoms with Gasteiger partial charge in [0.05, 0.1) is 6.10 Å². The molecule has 1 aromatic rings. The molecule has 2 N–H and O–H groups in total. The summed E-state index contributed by atoms with van der Waals surface area (Å²) in [5.41, 5.74) is 10.1. The normalized spacial score (nSPS) is 18.3. The Bertz CT molecular complexity index is 425. The molecule has 0 aliphatic carbocycles. The van der Waals surface area contributed by atoms with Crippen LogP contribution in [-0.2, 0) is 11.2 Å². The van der Waals surface area contributed by atoms with Crippen LogP contribution in [0.2, 0.25) is 0 Å². The van der Waals surface area contributed by atoms with Crippen LogP contribution in [0.4, 0.5) is 5.69 Å². The predicted octanol–water partition coefficient (Wildman–Crippen LogP) is 2.89. The maximum atomic E-state index is 6.06. The van der Waals surface area contributed by atoms with E-state index in [0.29, 0.717) is 6.10 Å². The largest absolute Gasteiger partial charge is 0.381 e. The van der Waals surface area contributed by atoms with Crippen molar-refractivity contribution in [3.63, 3.8) is 0 Å². The van der Waals surface area contributed by atoms with Gasteiger partial charge in [0, 0.05) is 31.9 Å². The van der Waals surface area contributed by atoms with E-state index in [4.69, 9.17) is 10.5 Å². The molecule has 1 fully saturated rings. The standard InChI is InChI=1S/C17H28N2O/c1-4-15(18)12-14-5-6-16(11-13(14)2)19-9-7-17(20-3)8-10-19/h5-6,11,15,17H,4,7-10,12,18H2,1-3H3. The Balaban J connectivity index is 2.02. The van der Waals surface area contributed by atoms with Gasteiger partial charge in [0.1, 0.15) is 0 Å². The summed E-state index contributed by atoms with van der Waals surface area (Å²) in [6.45, 7) is 6.52. The molecule has 20 heavy (non-hydrogen) atoms. The Kier molecular flexibility index (Phi) is 5.44. The first-order chi connectivity index (χ1) is 9.63. The van der Waals surface area contributed by atoms with Crippen molar-refractivity contribution in [3.8, 4) is 0 Å².